The van der Waals surface area contributed by atoms with E-state index in [-0.39, 0.29) is 5.95 Å². The number of aryl methyl sites for hydroxylation is 1. The molecule has 0 aliphatic rings. The number of anilines is 1. The topological polar surface area (TPSA) is 43.8 Å². The van der Waals surface area contributed by atoms with Gasteiger partial charge in [0.05, 0.1) is 17.6 Å². The molecule has 15 heavy (non-hydrogen) atoms. The van der Waals surface area contributed by atoms with Crippen LogP contribution in [0.3, 0.4) is 0 Å². The van der Waals surface area contributed by atoms with Gasteiger partial charge in [0.15, 0.2) is 0 Å². The van der Waals surface area contributed by atoms with Crippen molar-refractivity contribution in [3.63, 3.8) is 0 Å². The second kappa shape index (κ2) is 3.49. The molecule has 0 saturated carbocycles. The first-order chi connectivity index (χ1) is 7.09. The molecule has 0 aliphatic carbocycles. The van der Waals surface area contributed by atoms with Gasteiger partial charge in [0.25, 0.3) is 6.43 Å². The number of benzene rings is 1. The summed E-state index contributed by atoms with van der Waals surface area (Å²) in [6.45, 7) is 1.47. The van der Waals surface area contributed by atoms with Gasteiger partial charge in [-0.2, -0.15) is 0 Å². The normalized spacial score (nSPS) is 11.5. The average molecular weight is 211 g/mol. The van der Waals surface area contributed by atoms with Crippen LogP contribution in [0.5, 0.6) is 0 Å². The Morgan fingerprint density at radius 2 is 2.20 bits per heavy atom. The molecule has 0 fully saturated rings. The number of hydrogen-bond acceptors (Lipinski definition) is 2. The number of alkyl halides is 2. The van der Waals surface area contributed by atoms with Crippen LogP contribution < -0.4 is 5.73 Å². The zero-order valence-electron chi connectivity index (χ0n) is 8.24. The fourth-order valence-corrected chi connectivity index (χ4v) is 1.63. The Kier molecular flexibility index (Phi) is 2.30. The van der Waals surface area contributed by atoms with Crippen LogP contribution in [0.1, 0.15) is 5.56 Å². The number of nitrogens with two attached hydrogens (primary N) is 1. The number of halogens is 2. The van der Waals surface area contributed by atoms with Gasteiger partial charge in [0.2, 0.25) is 5.95 Å². The fourth-order valence-electron chi connectivity index (χ4n) is 1.63. The number of para-hydroxylation sites is 1. The number of imidazole rings is 1. The summed E-state index contributed by atoms with van der Waals surface area (Å²) in [4.78, 5) is 4.07. The van der Waals surface area contributed by atoms with Gasteiger partial charge in [0, 0.05) is 0 Å². The molecule has 1 heterocycles. The zero-order valence-corrected chi connectivity index (χ0v) is 8.24. The standard InChI is InChI=1S/C10H11F2N3/c1-6-3-2-4-7-9(6)14-10(13)15(7)5-8(11)12/h2-4,8H,5H2,1H3,(H2,13,14). The molecule has 0 spiro atoms. The molecule has 0 bridgehead atoms. The Morgan fingerprint density at radius 1 is 1.47 bits per heavy atom. The van der Waals surface area contributed by atoms with E-state index in [1.165, 1.54) is 4.57 Å². The highest BCUT2D eigenvalue weighted by Gasteiger charge is 2.13. The van der Waals surface area contributed by atoms with Crippen molar-refractivity contribution in [2.75, 3.05) is 5.73 Å². The van der Waals surface area contributed by atoms with Crippen molar-refractivity contribution in [1.29, 1.82) is 0 Å². The molecule has 0 unspecified atom stereocenters. The van der Waals surface area contributed by atoms with Gasteiger partial charge in [0.1, 0.15) is 0 Å². The van der Waals surface area contributed by atoms with Gasteiger partial charge in [-0.05, 0) is 18.6 Å². The maximum absolute atomic E-state index is 12.3. The van der Waals surface area contributed by atoms with Crippen LogP contribution in [0.25, 0.3) is 11.0 Å². The van der Waals surface area contributed by atoms with Crippen LogP contribution in [0.4, 0.5) is 14.7 Å². The van der Waals surface area contributed by atoms with Gasteiger partial charge in [-0.3, -0.25) is 0 Å². The predicted octanol–water partition coefficient (Wildman–Crippen LogP) is 2.19. The van der Waals surface area contributed by atoms with E-state index in [0.29, 0.717) is 11.0 Å². The molecule has 3 nitrogen and oxygen atoms in total. The van der Waals surface area contributed by atoms with Crippen molar-refractivity contribution in [1.82, 2.24) is 9.55 Å². The molecule has 2 rings (SSSR count). The van der Waals surface area contributed by atoms with Crippen molar-refractivity contribution in [3.8, 4) is 0 Å². The summed E-state index contributed by atoms with van der Waals surface area (Å²) < 4.78 is 25.9. The molecule has 5 heteroatoms. The first-order valence-corrected chi connectivity index (χ1v) is 4.59. The van der Waals surface area contributed by atoms with Crippen molar-refractivity contribution in [3.05, 3.63) is 23.8 Å². The van der Waals surface area contributed by atoms with E-state index in [2.05, 4.69) is 4.98 Å². The monoisotopic (exact) mass is 211 g/mol. The predicted molar refractivity (Wildman–Crippen MR) is 54.9 cm³/mol. The Balaban J connectivity index is 2.63. The Hall–Kier alpha value is -1.65. The molecule has 2 N–H and O–H groups in total. The third-order valence-corrected chi connectivity index (χ3v) is 2.33. The third-order valence-electron chi connectivity index (χ3n) is 2.33. The highest BCUT2D eigenvalue weighted by molar-refractivity contribution is 5.81. The number of aromatic nitrogens is 2. The summed E-state index contributed by atoms with van der Waals surface area (Å²) >= 11 is 0. The number of nitrogens with zero attached hydrogens (tertiary/aromatic N) is 2. The Labute approximate surface area is 85.5 Å². The number of rotatable bonds is 2. The second-order valence-electron chi connectivity index (χ2n) is 3.41. The Bertz CT molecular complexity index is 491. The van der Waals surface area contributed by atoms with Crippen LogP contribution in [-0.4, -0.2) is 16.0 Å². The molecule has 1 aromatic carbocycles. The lowest BCUT2D eigenvalue weighted by molar-refractivity contribution is 0.128. The number of nitrogen functional groups attached to an aromatic ring is 1. The average Bonchev–Trinajstić information content (AvgIpc) is 2.45. The van der Waals surface area contributed by atoms with Gasteiger partial charge in [-0.25, -0.2) is 13.8 Å². The maximum atomic E-state index is 12.3. The third kappa shape index (κ3) is 1.65. The zero-order chi connectivity index (χ0) is 11.0. The van der Waals surface area contributed by atoms with E-state index >= 15 is 0 Å². The van der Waals surface area contributed by atoms with E-state index in [1.54, 1.807) is 12.1 Å². The highest BCUT2D eigenvalue weighted by atomic mass is 19.3. The molecule has 0 saturated heterocycles. The first kappa shape index (κ1) is 9.89. The van der Waals surface area contributed by atoms with Crippen LogP contribution in [0, 0.1) is 6.92 Å². The molecular weight excluding hydrogens is 200 g/mol. The van der Waals surface area contributed by atoms with Crippen LogP contribution in [0.15, 0.2) is 18.2 Å². The van der Waals surface area contributed by atoms with Crippen molar-refractivity contribution >= 4 is 17.0 Å². The van der Waals surface area contributed by atoms with Gasteiger partial charge >= 0.3 is 0 Å². The minimum atomic E-state index is -2.43. The lowest BCUT2D eigenvalue weighted by atomic mass is 10.2. The van der Waals surface area contributed by atoms with Crippen molar-refractivity contribution < 1.29 is 8.78 Å². The number of fused-ring (bicyclic) bond motifs is 1. The molecule has 1 aromatic heterocycles. The lowest BCUT2D eigenvalue weighted by Crippen LogP contribution is -2.09. The van der Waals surface area contributed by atoms with Crippen LogP contribution in [0.2, 0.25) is 0 Å². The van der Waals surface area contributed by atoms with Crippen LogP contribution in [-0.2, 0) is 6.54 Å². The first-order valence-electron chi connectivity index (χ1n) is 4.59. The molecular formula is C10H11F2N3. The summed E-state index contributed by atoms with van der Waals surface area (Å²) in [5.41, 5.74) is 7.88. The molecule has 0 aliphatic heterocycles. The Morgan fingerprint density at radius 3 is 2.87 bits per heavy atom. The van der Waals surface area contributed by atoms with Gasteiger partial charge in [-0.15, -0.1) is 0 Å². The van der Waals surface area contributed by atoms with Gasteiger partial charge < -0.3 is 10.3 Å². The van der Waals surface area contributed by atoms with E-state index < -0.39 is 13.0 Å². The molecule has 0 atom stereocenters. The fraction of sp³-hybridized carbons (Fsp3) is 0.300. The summed E-state index contributed by atoms with van der Waals surface area (Å²) in [5.74, 6) is 0.139. The molecule has 2 aromatic rings. The minimum Gasteiger partial charge on any atom is -0.369 e. The molecule has 80 valence electrons. The van der Waals surface area contributed by atoms with Crippen molar-refractivity contribution in [2.24, 2.45) is 0 Å². The van der Waals surface area contributed by atoms with E-state index in [1.807, 2.05) is 13.0 Å². The van der Waals surface area contributed by atoms with E-state index in [4.69, 9.17) is 5.73 Å². The van der Waals surface area contributed by atoms with Gasteiger partial charge in [-0.1, -0.05) is 12.1 Å². The van der Waals surface area contributed by atoms with E-state index in [9.17, 15) is 8.78 Å². The summed E-state index contributed by atoms with van der Waals surface area (Å²) in [6, 6.07) is 5.43. The summed E-state index contributed by atoms with van der Waals surface area (Å²) in [7, 11) is 0. The summed E-state index contributed by atoms with van der Waals surface area (Å²) in [6.07, 6.45) is -2.43. The quantitative estimate of drug-likeness (QED) is 0.827. The lowest BCUT2D eigenvalue weighted by Gasteiger charge is -2.04. The smallest absolute Gasteiger partial charge is 0.256 e. The summed E-state index contributed by atoms with van der Waals surface area (Å²) in [5, 5.41) is 0. The molecule has 0 amide bonds. The highest BCUT2D eigenvalue weighted by Crippen LogP contribution is 2.21. The molecule has 0 radical (unpaired) electrons. The largest absolute Gasteiger partial charge is 0.369 e. The number of hydrogen-bond donors (Lipinski definition) is 1. The SMILES string of the molecule is Cc1cccc2c1nc(N)n2CC(F)F. The van der Waals surface area contributed by atoms with Crippen molar-refractivity contribution in [2.45, 2.75) is 19.9 Å². The second-order valence-corrected chi connectivity index (χ2v) is 3.41. The maximum Gasteiger partial charge on any atom is 0.256 e. The minimum absolute atomic E-state index is 0.139. The van der Waals surface area contributed by atoms with E-state index in [0.717, 1.165) is 5.56 Å². The van der Waals surface area contributed by atoms with Crippen LogP contribution >= 0.6 is 0 Å².